The third kappa shape index (κ3) is 4.43. The van der Waals surface area contributed by atoms with Gasteiger partial charge in [-0.3, -0.25) is 4.79 Å². The molecule has 144 valence electrons. The van der Waals surface area contributed by atoms with E-state index >= 15 is 0 Å². The van der Waals surface area contributed by atoms with Gasteiger partial charge in [-0.2, -0.15) is 0 Å². The summed E-state index contributed by atoms with van der Waals surface area (Å²) in [7, 11) is 0. The molecule has 4 rings (SSSR count). The lowest BCUT2D eigenvalue weighted by atomic mass is 10.1. The fourth-order valence-electron chi connectivity index (χ4n) is 3.19. The van der Waals surface area contributed by atoms with Crippen molar-refractivity contribution in [1.29, 1.82) is 0 Å². The lowest BCUT2D eigenvalue weighted by Crippen LogP contribution is -2.13. The Morgan fingerprint density at radius 2 is 1.48 bits per heavy atom. The van der Waals surface area contributed by atoms with Crippen LogP contribution < -0.4 is 5.32 Å². The molecule has 4 aromatic rings. The monoisotopic (exact) mass is 382 g/mol. The van der Waals surface area contributed by atoms with E-state index in [4.69, 9.17) is 9.40 Å². The highest BCUT2D eigenvalue weighted by molar-refractivity contribution is 5.91. The van der Waals surface area contributed by atoms with Crippen LogP contribution in [0.5, 0.6) is 0 Å². The quantitative estimate of drug-likeness (QED) is 0.452. The molecular weight excluding hydrogens is 360 g/mol. The zero-order valence-electron chi connectivity index (χ0n) is 16.3. The van der Waals surface area contributed by atoms with Gasteiger partial charge in [0.2, 0.25) is 5.91 Å². The van der Waals surface area contributed by atoms with Gasteiger partial charge in [0.05, 0.1) is 0 Å². The summed E-state index contributed by atoms with van der Waals surface area (Å²) in [4.78, 5) is 17.1. The molecule has 0 spiro atoms. The van der Waals surface area contributed by atoms with E-state index in [0.29, 0.717) is 18.7 Å². The number of nitrogens with zero attached hydrogens (tertiary/aromatic N) is 1. The molecule has 0 saturated heterocycles. The molecule has 3 aromatic carbocycles. The number of aromatic nitrogens is 1. The summed E-state index contributed by atoms with van der Waals surface area (Å²) in [6, 6.07) is 27.6. The minimum atomic E-state index is -0.0555. The van der Waals surface area contributed by atoms with Gasteiger partial charge < -0.3 is 9.73 Å². The number of carbonyl (C=O) groups is 1. The second-order valence-electron chi connectivity index (χ2n) is 6.88. The first-order valence-corrected chi connectivity index (χ1v) is 9.67. The predicted octanol–water partition coefficient (Wildman–Crippen LogP) is 5.89. The molecule has 1 amide bonds. The van der Waals surface area contributed by atoms with E-state index in [2.05, 4.69) is 5.32 Å². The first-order valence-electron chi connectivity index (χ1n) is 9.67. The van der Waals surface area contributed by atoms with Gasteiger partial charge in [0, 0.05) is 29.7 Å². The van der Waals surface area contributed by atoms with Crippen molar-refractivity contribution in [2.24, 2.45) is 0 Å². The average molecular weight is 382 g/mol. The van der Waals surface area contributed by atoms with Crippen molar-refractivity contribution in [3.8, 4) is 22.6 Å². The molecule has 0 aliphatic rings. The van der Waals surface area contributed by atoms with Crippen LogP contribution in [0.3, 0.4) is 0 Å². The molecule has 0 saturated carbocycles. The number of anilines is 1. The van der Waals surface area contributed by atoms with E-state index < -0.39 is 0 Å². The molecule has 0 bridgehead atoms. The molecule has 0 aliphatic heterocycles. The van der Waals surface area contributed by atoms with E-state index in [-0.39, 0.29) is 5.91 Å². The van der Waals surface area contributed by atoms with Crippen LogP contribution in [0.25, 0.3) is 22.6 Å². The Labute approximate surface area is 170 Å². The Bertz CT molecular complexity index is 1050. The van der Waals surface area contributed by atoms with Gasteiger partial charge in [0.1, 0.15) is 5.69 Å². The lowest BCUT2D eigenvalue weighted by Gasteiger charge is -2.07. The zero-order chi connectivity index (χ0) is 20.1. The van der Waals surface area contributed by atoms with Crippen LogP contribution in [-0.2, 0) is 11.2 Å². The Hall–Kier alpha value is -3.66. The van der Waals surface area contributed by atoms with Crippen LogP contribution in [0.4, 0.5) is 5.69 Å². The maximum absolute atomic E-state index is 12.4. The normalized spacial score (nSPS) is 10.7. The zero-order valence-corrected chi connectivity index (χ0v) is 16.3. The highest BCUT2D eigenvalue weighted by Gasteiger charge is 2.17. The number of oxazole rings is 1. The molecule has 1 aromatic heterocycles. The predicted molar refractivity (Wildman–Crippen MR) is 116 cm³/mol. The second kappa shape index (κ2) is 8.57. The molecule has 4 nitrogen and oxygen atoms in total. The maximum atomic E-state index is 12.4. The summed E-state index contributed by atoms with van der Waals surface area (Å²) in [5.74, 6) is 1.23. The number of hydrogen-bond acceptors (Lipinski definition) is 3. The standard InChI is InChI=1S/C25H22N2O2/c1-18-10-8-9-15-21(18)26-22(28)16-17-23-27-24(19-11-4-2-5-12-19)25(29-23)20-13-6-3-7-14-20/h2-15H,16-17H2,1H3,(H,26,28). The Kier molecular flexibility index (Phi) is 5.52. The first-order chi connectivity index (χ1) is 14.2. The first kappa shape index (κ1) is 18.7. The van der Waals surface area contributed by atoms with Gasteiger partial charge in [-0.05, 0) is 18.6 Å². The number of hydrogen-bond donors (Lipinski definition) is 1. The summed E-state index contributed by atoms with van der Waals surface area (Å²) in [5.41, 5.74) is 4.63. The van der Waals surface area contributed by atoms with E-state index in [0.717, 1.165) is 33.8 Å². The van der Waals surface area contributed by atoms with Gasteiger partial charge >= 0.3 is 0 Å². The number of benzene rings is 3. The van der Waals surface area contributed by atoms with Crippen molar-refractivity contribution < 1.29 is 9.21 Å². The largest absolute Gasteiger partial charge is 0.440 e. The van der Waals surface area contributed by atoms with E-state index in [1.165, 1.54) is 0 Å². The fraction of sp³-hybridized carbons (Fsp3) is 0.120. The van der Waals surface area contributed by atoms with Gasteiger partial charge in [-0.15, -0.1) is 0 Å². The van der Waals surface area contributed by atoms with Gasteiger partial charge in [0.25, 0.3) is 0 Å². The number of nitrogens with one attached hydrogen (secondary N) is 1. The summed E-state index contributed by atoms with van der Waals surface area (Å²) in [6.45, 7) is 1.97. The summed E-state index contributed by atoms with van der Waals surface area (Å²) < 4.78 is 6.09. The van der Waals surface area contributed by atoms with Crippen molar-refractivity contribution in [1.82, 2.24) is 4.98 Å². The molecule has 0 atom stereocenters. The van der Waals surface area contributed by atoms with Crippen LogP contribution in [0.15, 0.2) is 89.3 Å². The van der Waals surface area contributed by atoms with Crippen LogP contribution >= 0.6 is 0 Å². The molecular formula is C25H22N2O2. The van der Waals surface area contributed by atoms with Crippen molar-refractivity contribution in [3.63, 3.8) is 0 Å². The molecule has 29 heavy (non-hydrogen) atoms. The number of amides is 1. The topological polar surface area (TPSA) is 55.1 Å². The molecule has 0 fully saturated rings. The summed E-state index contributed by atoms with van der Waals surface area (Å²) in [6.07, 6.45) is 0.738. The van der Waals surface area contributed by atoms with Gasteiger partial charge in [-0.1, -0.05) is 78.9 Å². The molecule has 0 radical (unpaired) electrons. The minimum absolute atomic E-state index is 0.0555. The Morgan fingerprint density at radius 3 is 2.17 bits per heavy atom. The molecule has 0 unspecified atom stereocenters. The van der Waals surface area contributed by atoms with Crippen LogP contribution in [-0.4, -0.2) is 10.9 Å². The van der Waals surface area contributed by atoms with Crippen molar-refractivity contribution in [2.75, 3.05) is 5.32 Å². The van der Waals surface area contributed by atoms with Crippen molar-refractivity contribution in [3.05, 3.63) is 96.4 Å². The Balaban J connectivity index is 1.54. The summed E-state index contributed by atoms with van der Waals surface area (Å²) in [5, 5.41) is 2.96. The Morgan fingerprint density at radius 1 is 0.862 bits per heavy atom. The van der Waals surface area contributed by atoms with Gasteiger partial charge in [0.15, 0.2) is 11.7 Å². The average Bonchev–Trinajstić information content (AvgIpc) is 3.20. The highest BCUT2D eigenvalue weighted by Crippen LogP contribution is 2.32. The number of carbonyl (C=O) groups excluding carboxylic acids is 1. The summed E-state index contributed by atoms with van der Waals surface area (Å²) >= 11 is 0. The SMILES string of the molecule is Cc1ccccc1NC(=O)CCc1nc(-c2ccccc2)c(-c2ccccc2)o1. The van der Waals surface area contributed by atoms with Crippen molar-refractivity contribution in [2.45, 2.75) is 19.8 Å². The number of rotatable bonds is 6. The third-order valence-corrected chi connectivity index (χ3v) is 4.74. The van der Waals surface area contributed by atoms with Crippen LogP contribution in [0.1, 0.15) is 17.9 Å². The maximum Gasteiger partial charge on any atom is 0.224 e. The lowest BCUT2D eigenvalue weighted by molar-refractivity contribution is -0.116. The van der Waals surface area contributed by atoms with Gasteiger partial charge in [-0.25, -0.2) is 4.98 Å². The molecule has 1 heterocycles. The number of para-hydroxylation sites is 1. The van der Waals surface area contributed by atoms with Crippen LogP contribution in [0, 0.1) is 6.92 Å². The number of aryl methyl sites for hydroxylation is 2. The smallest absolute Gasteiger partial charge is 0.224 e. The van der Waals surface area contributed by atoms with E-state index in [1.54, 1.807) is 0 Å². The minimum Gasteiger partial charge on any atom is -0.440 e. The van der Waals surface area contributed by atoms with E-state index in [1.807, 2.05) is 91.9 Å². The highest BCUT2D eigenvalue weighted by atomic mass is 16.4. The molecule has 4 heteroatoms. The fourth-order valence-corrected chi connectivity index (χ4v) is 3.19. The van der Waals surface area contributed by atoms with E-state index in [9.17, 15) is 4.79 Å². The van der Waals surface area contributed by atoms with Crippen molar-refractivity contribution >= 4 is 11.6 Å². The molecule has 1 N–H and O–H groups in total. The molecule has 0 aliphatic carbocycles. The third-order valence-electron chi connectivity index (χ3n) is 4.74. The van der Waals surface area contributed by atoms with Crippen LogP contribution in [0.2, 0.25) is 0 Å². The second-order valence-corrected chi connectivity index (χ2v) is 6.88.